The molecule has 0 spiro atoms. The number of nitrogens with two attached hydrogens (primary N) is 1. The Labute approximate surface area is 135 Å². The molecule has 0 amide bonds. The van der Waals surface area contributed by atoms with Crippen molar-refractivity contribution >= 4 is 0 Å². The Morgan fingerprint density at radius 2 is 1.77 bits per heavy atom. The third kappa shape index (κ3) is 4.70. The van der Waals surface area contributed by atoms with Gasteiger partial charge in [-0.3, -0.25) is 4.90 Å². The highest BCUT2D eigenvalue weighted by Crippen LogP contribution is 2.23. The molecular formula is C18H31N3O. The molecule has 2 atom stereocenters. The van der Waals surface area contributed by atoms with Crippen LogP contribution in [0.15, 0.2) is 24.3 Å². The van der Waals surface area contributed by atoms with Crippen LogP contribution in [0.3, 0.4) is 0 Å². The molecule has 1 aliphatic heterocycles. The van der Waals surface area contributed by atoms with Gasteiger partial charge in [-0.1, -0.05) is 32.4 Å². The van der Waals surface area contributed by atoms with E-state index in [-0.39, 0.29) is 0 Å². The second-order valence-corrected chi connectivity index (χ2v) is 6.48. The van der Waals surface area contributed by atoms with E-state index in [2.05, 4.69) is 55.0 Å². The second kappa shape index (κ2) is 8.51. The average molecular weight is 305 g/mol. The molecule has 2 unspecified atom stereocenters. The zero-order valence-electron chi connectivity index (χ0n) is 14.3. The highest BCUT2D eigenvalue weighted by molar-refractivity contribution is 5.29. The van der Waals surface area contributed by atoms with Gasteiger partial charge in [-0.05, 0) is 30.7 Å². The molecule has 1 aliphatic rings. The molecular weight excluding hydrogens is 274 g/mol. The van der Waals surface area contributed by atoms with E-state index in [0.29, 0.717) is 18.5 Å². The summed E-state index contributed by atoms with van der Waals surface area (Å²) in [6.07, 6.45) is 1.15. The normalized spacial score (nSPS) is 19.8. The van der Waals surface area contributed by atoms with Crippen LogP contribution in [-0.2, 0) is 0 Å². The standard InChI is InChI=1S/C18H31N3O/c1-4-15(2)14-22-17-7-5-16(6-8-17)18(13-19)21-11-9-20(3)10-12-21/h5-8,15,18H,4,9-14,19H2,1-3H3. The minimum absolute atomic E-state index is 0.317. The van der Waals surface area contributed by atoms with Crippen molar-refractivity contribution in [3.05, 3.63) is 29.8 Å². The lowest BCUT2D eigenvalue weighted by molar-refractivity contribution is 0.114. The lowest BCUT2D eigenvalue weighted by Crippen LogP contribution is -2.47. The molecule has 0 bridgehead atoms. The zero-order chi connectivity index (χ0) is 15.9. The maximum absolute atomic E-state index is 6.04. The fourth-order valence-electron chi connectivity index (χ4n) is 2.77. The third-order valence-electron chi connectivity index (χ3n) is 4.70. The first-order valence-electron chi connectivity index (χ1n) is 8.49. The summed E-state index contributed by atoms with van der Waals surface area (Å²) in [5.74, 6) is 1.56. The molecule has 4 heteroatoms. The number of benzene rings is 1. The molecule has 124 valence electrons. The zero-order valence-corrected chi connectivity index (χ0v) is 14.3. The number of nitrogens with zero attached hydrogens (tertiary/aromatic N) is 2. The van der Waals surface area contributed by atoms with Crippen LogP contribution in [0.25, 0.3) is 0 Å². The fourth-order valence-corrected chi connectivity index (χ4v) is 2.77. The Kier molecular flexibility index (Phi) is 6.68. The molecule has 0 aromatic heterocycles. The molecule has 0 radical (unpaired) electrons. The summed E-state index contributed by atoms with van der Waals surface area (Å²) >= 11 is 0. The highest BCUT2D eigenvalue weighted by Gasteiger charge is 2.22. The summed E-state index contributed by atoms with van der Waals surface area (Å²) in [5.41, 5.74) is 7.33. The van der Waals surface area contributed by atoms with Crippen LogP contribution in [0.1, 0.15) is 31.9 Å². The summed E-state index contributed by atoms with van der Waals surface area (Å²) in [6, 6.07) is 8.81. The Bertz CT molecular complexity index is 426. The number of hydrogen-bond donors (Lipinski definition) is 1. The predicted molar refractivity (Wildman–Crippen MR) is 92.3 cm³/mol. The molecule has 1 fully saturated rings. The van der Waals surface area contributed by atoms with Crippen molar-refractivity contribution in [2.75, 3.05) is 46.4 Å². The van der Waals surface area contributed by atoms with E-state index in [1.165, 1.54) is 5.56 Å². The molecule has 0 saturated carbocycles. The van der Waals surface area contributed by atoms with Crippen molar-refractivity contribution in [1.82, 2.24) is 9.80 Å². The maximum atomic E-state index is 6.04. The van der Waals surface area contributed by atoms with E-state index in [1.807, 2.05) is 0 Å². The number of ether oxygens (including phenoxy) is 1. The van der Waals surface area contributed by atoms with Gasteiger partial charge in [-0.2, -0.15) is 0 Å². The van der Waals surface area contributed by atoms with Gasteiger partial charge in [-0.25, -0.2) is 0 Å². The summed E-state index contributed by atoms with van der Waals surface area (Å²) < 4.78 is 5.84. The van der Waals surface area contributed by atoms with Crippen LogP contribution in [-0.4, -0.2) is 56.2 Å². The van der Waals surface area contributed by atoms with Gasteiger partial charge >= 0.3 is 0 Å². The lowest BCUT2D eigenvalue weighted by Gasteiger charge is -2.37. The first-order chi connectivity index (χ1) is 10.6. The number of likely N-dealkylation sites (N-methyl/N-ethyl adjacent to an activating group) is 1. The molecule has 0 aliphatic carbocycles. The Morgan fingerprint density at radius 1 is 1.14 bits per heavy atom. The second-order valence-electron chi connectivity index (χ2n) is 6.48. The molecule has 1 heterocycles. The van der Waals surface area contributed by atoms with Crippen LogP contribution < -0.4 is 10.5 Å². The van der Waals surface area contributed by atoms with Crippen LogP contribution >= 0.6 is 0 Å². The van der Waals surface area contributed by atoms with Crippen molar-refractivity contribution in [2.45, 2.75) is 26.3 Å². The van der Waals surface area contributed by atoms with Gasteiger partial charge in [-0.15, -0.1) is 0 Å². The van der Waals surface area contributed by atoms with Gasteiger partial charge < -0.3 is 15.4 Å². The highest BCUT2D eigenvalue weighted by atomic mass is 16.5. The van der Waals surface area contributed by atoms with E-state index in [9.17, 15) is 0 Å². The number of rotatable bonds is 7. The summed E-state index contributed by atoms with van der Waals surface area (Å²) in [7, 11) is 2.18. The largest absolute Gasteiger partial charge is 0.493 e. The van der Waals surface area contributed by atoms with E-state index in [1.54, 1.807) is 0 Å². The van der Waals surface area contributed by atoms with Crippen LogP contribution in [0, 0.1) is 5.92 Å². The average Bonchev–Trinajstić information content (AvgIpc) is 2.56. The van der Waals surface area contributed by atoms with Gasteiger partial charge in [0, 0.05) is 38.8 Å². The van der Waals surface area contributed by atoms with Crippen molar-refractivity contribution < 1.29 is 4.74 Å². The quantitative estimate of drug-likeness (QED) is 0.840. The van der Waals surface area contributed by atoms with E-state index in [4.69, 9.17) is 10.5 Å². The minimum atomic E-state index is 0.317. The van der Waals surface area contributed by atoms with Gasteiger partial charge in [0.25, 0.3) is 0 Å². The van der Waals surface area contributed by atoms with Gasteiger partial charge in [0.1, 0.15) is 5.75 Å². The van der Waals surface area contributed by atoms with Crippen LogP contribution in [0.4, 0.5) is 0 Å². The first-order valence-corrected chi connectivity index (χ1v) is 8.49. The smallest absolute Gasteiger partial charge is 0.119 e. The van der Waals surface area contributed by atoms with E-state index in [0.717, 1.165) is 45.0 Å². The molecule has 2 rings (SSSR count). The molecule has 4 nitrogen and oxygen atoms in total. The summed E-state index contributed by atoms with van der Waals surface area (Å²) in [4.78, 5) is 4.87. The van der Waals surface area contributed by atoms with Crippen LogP contribution in [0.5, 0.6) is 5.75 Å². The molecule has 1 aromatic carbocycles. The Balaban J connectivity index is 1.95. The van der Waals surface area contributed by atoms with Crippen LogP contribution in [0.2, 0.25) is 0 Å². The molecule has 2 N–H and O–H groups in total. The third-order valence-corrected chi connectivity index (χ3v) is 4.70. The number of hydrogen-bond acceptors (Lipinski definition) is 4. The SMILES string of the molecule is CCC(C)COc1ccc(C(CN)N2CCN(C)CC2)cc1. The first kappa shape index (κ1) is 17.3. The molecule has 1 aromatic rings. The lowest BCUT2D eigenvalue weighted by atomic mass is 10.0. The molecule has 1 saturated heterocycles. The van der Waals surface area contributed by atoms with Crippen molar-refractivity contribution in [1.29, 1.82) is 0 Å². The van der Waals surface area contributed by atoms with E-state index < -0.39 is 0 Å². The fraction of sp³-hybridized carbons (Fsp3) is 0.667. The number of piperazine rings is 1. The predicted octanol–water partition coefficient (Wildman–Crippen LogP) is 2.36. The van der Waals surface area contributed by atoms with Crippen molar-refractivity contribution in [3.63, 3.8) is 0 Å². The topological polar surface area (TPSA) is 41.7 Å². The monoisotopic (exact) mass is 305 g/mol. The summed E-state index contributed by atoms with van der Waals surface area (Å²) in [5, 5.41) is 0. The van der Waals surface area contributed by atoms with Crippen molar-refractivity contribution in [2.24, 2.45) is 11.7 Å². The minimum Gasteiger partial charge on any atom is -0.493 e. The summed E-state index contributed by atoms with van der Waals surface area (Å²) in [6.45, 7) is 10.3. The molecule has 22 heavy (non-hydrogen) atoms. The van der Waals surface area contributed by atoms with E-state index >= 15 is 0 Å². The Hall–Kier alpha value is -1.10. The Morgan fingerprint density at radius 3 is 2.32 bits per heavy atom. The van der Waals surface area contributed by atoms with Gasteiger partial charge in [0.2, 0.25) is 0 Å². The van der Waals surface area contributed by atoms with Crippen molar-refractivity contribution in [3.8, 4) is 5.75 Å². The van der Waals surface area contributed by atoms with Gasteiger partial charge in [0.15, 0.2) is 0 Å². The maximum Gasteiger partial charge on any atom is 0.119 e. The van der Waals surface area contributed by atoms with Gasteiger partial charge in [0.05, 0.1) is 6.61 Å².